The maximum Gasteiger partial charge on any atom is 0.213 e. The number of hydrogen-bond donors (Lipinski definition) is 1. The van der Waals surface area contributed by atoms with Crippen molar-refractivity contribution in [1.82, 2.24) is 15.5 Å². The van der Waals surface area contributed by atoms with Gasteiger partial charge in [0.05, 0.1) is 6.54 Å². The highest BCUT2D eigenvalue weighted by Gasteiger charge is 1.96. The molecule has 0 aliphatic heterocycles. The highest BCUT2D eigenvalue weighted by Crippen LogP contribution is 2.07. The predicted molar refractivity (Wildman–Crippen MR) is 57.9 cm³/mol. The van der Waals surface area contributed by atoms with Crippen molar-refractivity contribution in [2.75, 3.05) is 13.2 Å². The van der Waals surface area contributed by atoms with Gasteiger partial charge in [-0.2, -0.15) is 4.98 Å². The van der Waals surface area contributed by atoms with Gasteiger partial charge in [-0.15, -0.1) is 0 Å². The first-order valence-electron chi connectivity index (χ1n) is 5.09. The predicted octanol–water partition coefficient (Wildman–Crippen LogP) is 1.24. The smallest absolute Gasteiger partial charge is 0.213 e. The Kier molecular flexibility index (Phi) is 3.90. The topological polar surface area (TPSA) is 60.2 Å². The van der Waals surface area contributed by atoms with E-state index < -0.39 is 0 Å². The fraction of sp³-hybridized carbons (Fsp3) is 0.273. The summed E-state index contributed by atoms with van der Waals surface area (Å²) in [6.45, 7) is 1.94. The molecule has 84 valence electrons. The number of hydrogen-bond acceptors (Lipinski definition) is 5. The van der Waals surface area contributed by atoms with Crippen LogP contribution < -0.4 is 10.1 Å². The molecule has 16 heavy (non-hydrogen) atoms. The lowest BCUT2D eigenvalue weighted by Gasteiger charge is -2.05. The molecule has 1 N–H and O–H groups in total. The van der Waals surface area contributed by atoms with Crippen molar-refractivity contribution in [1.29, 1.82) is 0 Å². The van der Waals surface area contributed by atoms with Crippen LogP contribution in [0.3, 0.4) is 0 Å². The molecule has 0 saturated heterocycles. The molecule has 0 saturated carbocycles. The number of benzene rings is 1. The van der Waals surface area contributed by atoms with Crippen molar-refractivity contribution in [3.05, 3.63) is 42.5 Å². The van der Waals surface area contributed by atoms with Crippen molar-refractivity contribution in [2.45, 2.75) is 6.54 Å². The second-order valence-electron chi connectivity index (χ2n) is 3.19. The highest BCUT2D eigenvalue weighted by molar-refractivity contribution is 5.20. The zero-order chi connectivity index (χ0) is 11.1. The summed E-state index contributed by atoms with van der Waals surface area (Å²) in [6.07, 6.45) is 1.32. The van der Waals surface area contributed by atoms with Gasteiger partial charge in [0.15, 0.2) is 5.82 Å². The Labute approximate surface area is 93.4 Å². The summed E-state index contributed by atoms with van der Waals surface area (Å²) in [5, 5.41) is 6.83. The van der Waals surface area contributed by atoms with Crippen LogP contribution in [0.4, 0.5) is 0 Å². The molecule has 0 unspecified atom stereocenters. The van der Waals surface area contributed by atoms with E-state index in [1.807, 2.05) is 30.3 Å². The summed E-state index contributed by atoms with van der Waals surface area (Å²) in [7, 11) is 0. The van der Waals surface area contributed by atoms with Gasteiger partial charge in [-0.05, 0) is 12.1 Å². The van der Waals surface area contributed by atoms with Crippen LogP contribution >= 0.6 is 0 Å². The fourth-order valence-corrected chi connectivity index (χ4v) is 1.23. The van der Waals surface area contributed by atoms with Crippen molar-refractivity contribution < 1.29 is 9.26 Å². The van der Waals surface area contributed by atoms with E-state index in [0.29, 0.717) is 19.0 Å². The maximum absolute atomic E-state index is 5.50. The number of para-hydroxylation sites is 1. The van der Waals surface area contributed by atoms with Gasteiger partial charge in [-0.1, -0.05) is 23.4 Å². The summed E-state index contributed by atoms with van der Waals surface area (Å²) < 4.78 is 10.1. The van der Waals surface area contributed by atoms with Gasteiger partial charge in [-0.25, -0.2) is 0 Å². The van der Waals surface area contributed by atoms with E-state index in [2.05, 4.69) is 20.0 Å². The number of nitrogens with zero attached hydrogens (tertiary/aromatic N) is 2. The first-order chi connectivity index (χ1) is 7.95. The van der Waals surface area contributed by atoms with E-state index in [1.54, 1.807) is 0 Å². The Morgan fingerprint density at radius 3 is 2.88 bits per heavy atom. The first-order valence-corrected chi connectivity index (χ1v) is 5.09. The molecule has 1 heterocycles. The molecule has 0 radical (unpaired) electrons. The Morgan fingerprint density at radius 1 is 1.25 bits per heavy atom. The van der Waals surface area contributed by atoms with Crippen molar-refractivity contribution in [3.8, 4) is 5.75 Å². The normalized spacial score (nSPS) is 10.2. The second kappa shape index (κ2) is 5.87. The molecule has 5 heteroatoms. The van der Waals surface area contributed by atoms with Crippen molar-refractivity contribution >= 4 is 0 Å². The molecule has 5 nitrogen and oxygen atoms in total. The first kappa shape index (κ1) is 10.6. The molecule has 0 aliphatic carbocycles. The SMILES string of the molecule is c1ccc(OCCNCc2ncon2)cc1. The number of ether oxygens (including phenoxy) is 1. The van der Waals surface area contributed by atoms with E-state index in [4.69, 9.17) is 4.74 Å². The molecule has 0 spiro atoms. The van der Waals surface area contributed by atoms with Gasteiger partial charge >= 0.3 is 0 Å². The van der Waals surface area contributed by atoms with Gasteiger partial charge in [0.25, 0.3) is 0 Å². The van der Waals surface area contributed by atoms with Crippen LogP contribution in [0.15, 0.2) is 41.2 Å². The Balaban J connectivity index is 1.59. The molecule has 0 amide bonds. The van der Waals surface area contributed by atoms with Crippen LogP contribution in [-0.2, 0) is 6.54 Å². The summed E-state index contributed by atoms with van der Waals surface area (Å²) in [5.41, 5.74) is 0. The lowest BCUT2D eigenvalue weighted by molar-refractivity contribution is 0.312. The van der Waals surface area contributed by atoms with Crippen LogP contribution in [0.2, 0.25) is 0 Å². The average molecular weight is 219 g/mol. The summed E-state index contributed by atoms with van der Waals surface area (Å²) in [5.74, 6) is 1.53. The van der Waals surface area contributed by atoms with E-state index in [0.717, 1.165) is 12.3 Å². The molecule has 2 aromatic rings. The second-order valence-corrected chi connectivity index (χ2v) is 3.19. The third-order valence-corrected chi connectivity index (χ3v) is 1.98. The standard InChI is InChI=1S/C11H13N3O2/c1-2-4-10(5-3-1)15-7-6-12-8-11-13-9-16-14-11/h1-5,9,12H,6-8H2. The minimum Gasteiger partial charge on any atom is -0.492 e. The van der Waals surface area contributed by atoms with E-state index >= 15 is 0 Å². The summed E-state index contributed by atoms with van der Waals surface area (Å²) >= 11 is 0. The molecule has 1 aromatic carbocycles. The Hall–Kier alpha value is -1.88. The van der Waals surface area contributed by atoms with Gasteiger partial charge in [-0.3, -0.25) is 0 Å². The zero-order valence-corrected chi connectivity index (χ0v) is 8.80. The molecule has 1 aromatic heterocycles. The van der Waals surface area contributed by atoms with Crippen LogP contribution in [0, 0.1) is 0 Å². The summed E-state index contributed by atoms with van der Waals surface area (Å²) in [6, 6.07) is 9.71. The Bertz CT molecular complexity index is 389. The lowest BCUT2D eigenvalue weighted by atomic mass is 10.3. The molecular weight excluding hydrogens is 206 g/mol. The molecule has 0 fully saturated rings. The van der Waals surface area contributed by atoms with Gasteiger partial charge in [0.1, 0.15) is 12.4 Å². The molecular formula is C11H13N3O2. The van der Waals surface area contributed by atoms with Gasteiger partial charge in [0.2, 0.25) is 6.39 Å². The fourth-order valence-electron chi connectivity index (χ4n) is 1.23. The van der Waals surface area contributed by atoms with Crippen LogP contribution in [0.1, 0.15) is 5.82 Å². The van der Waals surface area contributed by atoms with Crippen LogP contribution in [0.5, 0.6) is 5.75 Å². The minimum absolute atomic E-state index is 0.592. The maximum atomic E-state index is 5.50. The molecule has 0 bridgehead atoms. The largest absolute Gasteiger partial charge is 0.492 e. The minimum atomic E-state index is 0.592. The number of rotatable bonds is 6. The lowest BCUT2D eigenvalue weighted by Crippen LogP contribution is -2.21. The third kappa shape index (κ3) is 3.36. The zero-order valence-electron chi connectivity index (χ0n) is 8.80. The van der Waals surface area contributed by atoms with E-state index in [-0.39, 0.29) is 0 Å². The monoisotopic (exact) mass is 219 g/mol. The van der Waals surface area contributed by atoms with Crippen LogP contribution in [-0.4, -0.2) is 23.3 Å². The highest BCUT2D eigenvalue weighted by atomic mass is 16.5. The molecule has 0 aliphatic rings. The third-order valence-electron chi connectivity index (χ3n) is 1.98. The van der Waals surface area contributed by atoms with Gasteiger partial charge in [0, 0.05) is 6.54 Å². The number of aromatic nitrogens is 2. The number of nitrogens with one attached hydrogen (secondary N) is 1. The van der Waals surface area contributed by atoms with Gasteiger partial charge < -0.3 is 14.6 Å². The van der Waals surface area contributed by atoms with E-state index in [1.165, 1.54) is 6.39 Å². The van der Waals surface area contributed by atoms with Crippen LogP contribution in [0.25, 0.3) is 0 Å². The average Bonchev–Trinajstić information content (AvgIpc) is 2.83. The van der Waals surface area contributed by atoms with E-state index in [9.17, 15) is 0 Å². The quantitative estimate of drug-likeness (QED) is 0.740. The molecule has 2 rings (SSSR count). The van der Waals surface area contributed by atoms with Crippen molar-refractivity contribution in [2.24, 2.45) is 0 Å². The Morgan fingerprint density at radius 2 is 2.12 bits per heavy atom. The summed E-state index contributed by atoms with van der Waals surface area (Å²) in [4.78, 5) is 3.89. The molecule has 0 atom stereocenters. The van der Waals surface area contributed by atoms with Crippen molar-refractivity contribution in [3.63, 3.8) is 0 Å².